The average molecular weight is 281 g/mol. The fraction of sp³-hybridized carbons (Fsp3) is 0.533. The minimum Gasteiger partial charge on any atom is -0.496 e. The van der Waals surface area contributed by atoms with E-state index in [1.54, 1.807) is 7.11 Å². The Kier molecular flexibility index (Phi) is 6.95. The van der Waals surface area contributed by atoms with Crippen LogP contribution in [0.5, 0.6) is 5.75 Å². The van der Waals surface area contributed by atoms with Gasteiger partial charge in [-0.25, -0.2) is 0 Å². The second-order valence-corrected chi connectivity index (χ2v) is 5.65. The number of likely N-dealkylation sites (N-methyl/N-ethyl adjacent to an activating group) is 1. The molecule has 19 heavy (non-hydrogen) atoms. The van der Waals surface area contributed by atoms with Gasteiger partial charge >= 0.3 is 0 Å². The van der Waals surface area contributed by atoms with Gasteiger partial charge in [0.15, 0.2) is 5.78 Å². The fourth-order valence-corrected chi connectivity index (χ4v) is 2.43. The van der Waals surface area contributed by atoms with Gasteiger partial charge in [0.2, 0.25) is 0 Å². The third-order valence-electron chi connectivity index (χ3n) is 3.29. The van der Waals surface area contributed by atoms with Gasteiger partial charge in [0.25, 0.3) is 0 Å². The second kappa shape index (κ2) is 8.23. The number of thioether (sulfide) groups is 1. The summed E-state index contributed by atoms with van der Waals surface area (Å²) in [6.07, 6.45) is 3.20. The first-order valence-corrected chi connectivity index (χ1v) is 7.85. The van der Waals surface area contributed by atoms with E-state index in [4.69, 9.17) is 4.74 Å². The zero-order valence-electron chi connectivity index (χ0n) is 12.2. The van der Waals surface area contributed by atoms with Crippen LogP contribution < -0.4 is 4.74 Å². The molecule has 1 atom stereocenters. The minimum atomic E-state index is 0.107. The summed E-state index contributed by atoms with van der Waals surface area (Å²) in [5.41, 5.74) is 0.661. The predicted octanol–water partition coefficient (Wildman–Crippen LogP) is 2.95. The van der Waals surface area contributed by atoms with Crippen molar-refractivity contribution in [3.8, 4) is 5.75 Å². The van der Waals surface area contributed by atoms with Crippen molar-refractivity contribution in [2.24, 2.45) is 0 Å². The number of Topliss-reactive ketones (excluding diaryl/α,β-unsaturated/α-hetero) is 1. The molecular formula is C15H23NO2S. The van der Waals surface area contributed by atoms with Crippen LogP contribution in [0.3, 0.4) is 0 Å². The van der Waals surface area contributed by atoms with Crippen molar-refractivity contribution < 1.29 is 9.53 Å². The van der Waals surface area contributed by atoms with Crippen LogP contribution in [0.15, 0.2) is 24.3 Å². The lowest BCUT2D eigenvalue weighted by molar-refractivity contribution is 0.0920. The molecule has 0 aliphatic heterocycles. The third kappa shape index (κ3) is 4.88. The van der Waals surface area contributed by atoms with Crippen molar-refractivity contribution in [2.45, 2.75) is 19.4 Å². The molecule has 1 aromatic carbocycles. The molecule has 0 saturated carbocycles. The zero-order chi connectivity index (χ0) is 14.3. The molecule has 0 amide bonds. The molecule has 0 spiro atoms. The molecule has 0 N–H and O–H groups in total. The van der Waals surface area contributed by atoms with Crippen molar-refractivity contribution >= 4 is 17.5 Å². The van der Waals surface area contributed by atoms with E-state index in [9.17, 15) is 4.79 Å². The molecular weight excluding hydrogens is 258 g/mol. The smallest absolute Gasteiger partial charge is 0.180 e. The second-order valence-electron chi connectivity index (χ2n) is 4.67. The SMILES string of the molecule is COc1ccccc1C(=O)CN(C)C(C)CCSC. The van der Waals surface area contributed by atoms with Crippen molar-refractivity contribution in [1.29, 1.82) is 0 Å². The van der Waals surface area contributed by atoms with Gasteiger partial charge in [-0.1, -0.05) is 12.1 Å². The number of para-hydroxylation sites is 1. The number of hydrogen-bond donors (Lipinski definition) is 0. The molecule has 0 bridgehead atoms. The molecule has 3 nitrogen and oxygen atoms in total. The van der Waals surface area contributed by atoms with Crippen molar-refractivity contribution in [1.82, 2.24) is 4.90 Å². The van der Waals surface area contributed by atoms with E-state index in [1.165, 1.54) is 0 Å². The van der Waals surface area contributed by atoms with E-state index in [-0.39, 0.29) is 5.78 Å². The van der Waals surface area contributed by atoms with Crippen LogP contribution in [0.4, 0.5) is 0 Å². The number of carbonyl (C=O) groups is 1. The number of methoxy groups -OCH3 is 1. The highest BCUT2D eigenvalue weighted by atomic mass is 32.2. The average Bonchev–Trinajstić information content (AvgIpc) is 2.44. The molecule has 0 fully saturated rings. The Labute approximate surface area is 120 Å². The molecule has 106 valence electrons. The number of nitrogens with zero attached hydrogens (tertiary/aromatic N) is 1. The van der Waals surface area contributed by atoms with Crippen LogP contribution in [-0.4, -0.2) is 49.4 Å². The Morgan fingerprint density at radius 1 is 1.42 bits per heavy atom. The normalized spacial score (nSPS) is 12.5. The van der Waals surface area contributed by atoms with E-state index in [0.717, 1.165) is 12.2 Å². The standard InChI is InChI=1S/C15H23NO2S/c1-12(9-10-19-4)16(2)11-14(17)13-7-5-6-8-15(13)18-3/h5-8,12H,9-11H2,1-4H3. The van der Waals surface area contributed by atoms with Gasteiger partial charge in [0.05, 0.1) is 19.2 Å². The van der Waals surface area contributed by atoms with Crippen LogP contribution >= 0.6 is 11.8 Å². The largest absolute Gasteiger partial charge is 0.496 e. The summed E-state index contributed by atoms with van der Waals surface area (Å²) in [6.45, 7) is 2.58. The quantitative estimate of drug-likeness (QED) is 0.685. The Morgan fingerprint density at radius 3 is 2.74 bits per heavy atom. The molecule has 0 aromatic heterocycles. The summed E-state index contributed by atoms with van der Waals surface area (Å²) in [5, 5.41) is 0. The van der Waals surface area contributed by atoms with E-state index in [0.29, 0.717) is 23.9 Å². The molecule has 0 saturated heterocycles. The van der Waals surface area contributed by atoms with E-state index >= 15 is 0 Å². The van der Waals surface area contributed by atoms with Gasteiger partial charge in [-0.05, 0) is 44.5 Å². The monoisotopic (exact) mass is 281 g/mol. The van der Waals surface area contributed by atoms with Crippen LogP contribution in [0, 0.1) is 0 Å². The first-order chi connectivity index (χ1) is 9.10. The Hall–Kier alpha value is -1.00. The van der Waals surface area contributed by atoms with Crippen molar-refractivity contribution in [3.63, 3.8) is 0 Å². The molecule has 0 radical (unpaired) electrons. The van der Waals surface area contributed by atoms with Gasteiger partial charge in [-0.15, -0.1) is 0 Å². The lowest BCUT2D eigenvalue weighted by Gasteiger charge is -2.24. The summed E-state index contributed by atoms with van der Waals surface area (Å²) in [4.78, 5) is 14.4. The number of ketones is 1. The van der Waals surface area contributed by atoms with Crippen LogP contribution in [0.1, 0.15) is 23.7 Å². The maximum Gasteiger partial charge on any atom is 0.180 e. The highest BCUT2D eigenvalue weighted by Gasteiger charge is 2.16. The Bertz CT molecular complexity index is 409. The third-order valence-corrected chi connectivity index (χ3v) is 3.94. The van der Waals surface area contributed by atoms with Crippen molar-refractivity contribution in [2.75, 3.05) is 32.7 Å². The first-order valence-electron chi connectivity index (χ1n) is 6.45. The fourth-order valence-electron chi connectivity index (χ4n) is 1.85. The first kappa shape index (κ1) is 16.1. The van der Waals surface area contributed by atoms with Gasteiger partial charge in [0, 0.05) is 6.04 Å². The van der Waals surface area contributed by atoms with E-state index < -0.39 is 0 Å². The topological polar surface area (TPSA) is 29.5 Å². The molecule has 4 heteroatoms. The van der Waals surface area contributed by atoms with Gasteiger partial charge in [0.1, 0.15) is 5.75 Å². The van der Waals surface area contributed by atoms with Gasteiger partial charge < -0.3 is 4.74 Å². The number of hydrogen-bond acceptors (Lipinski definition) is 4. The summed E-state index contributed by atoms with van der Waals surface area (Å²) in [6, 6.07) is 7.80. The number of rotatable bonds is 8. The number of carbonyl (C=O) groups excluding carboxylic acids is 1. The molecule has 1 unspecified atom stereocenters. The lowest BCUT2D eigenvalue weighted by atomic mass is 10.1. The molecule has 0 aliphatic rings. The zero-order valence-corrected chi connectivity index (χ0v) is 13.0. The van der Waals surface area contributed by atoms with Gasteiger partial charge in [-0.2, -0.15) is 11.8 Å². The molecule has 0 heterocycles. The Balaban J connectivity index is 2.63. The summed E-state index contributed by atoms with van der Waals surface area (Å²) in [7, 11) is 3.59. The minimum absolute atomic E-state index is 0.107. The van der Waals surface area contributed by atoms with Crippen LogP contribution in [0.2, 0.25) is 0 Å². The lowest BCUT2D eigenvalue weighted by Crippen LogP contribution is -2.34. The van der Waals surface area contributed by atoms with Gasteiger partial charge in [-0.3, -0.25) is 9.69 Å². The maximum absolute atomic E-state index is 12.3. The predicted molar refractivity (Wildman–Crippen MR) is 82.4 cm³/mol. The highest BCUT2D eigenvalue weighted by Crippen LogP contribution is 2.18. The maximum atomic E-state index is 12.3. The number of ether oxygens (including phenoxy) is 1. The van der Waals surface area contributed by atoms with E-state index in [1.807, 2.05) is 43.1 Å². The van der Waals surface area contributed by atoms with Crippen LogP contribution in [-0.2, 0) is 0 Å². The molecule has 0 aliphatic carbocycles. The number of benzene rings is 1. The summed E-state index contributed by atoms with van der Waals surface area (Å²) < 4.78 is 5.23. The van der Waals surface area contributed by atoms with E-state index in [2.05, 4.69) is 18.1 Å². The molecule has 1 rings (SSSR count). The highest BCUT2D eigenvalue weighted by molar-refractivity contribution is 7.98. The summed E-state index contributed by atoms with van der Waals surface area (Å²) >= 11 is 1.84. The molecule has 1 aromatic rings. The van der Waals surface area contributed by atoms with Crippen molar-refractivity contribution in [3.05, 3.63) is 29.8 Å². The Morgan fingerprint density at radius 2 is 2.11 bits per heavy atom. The summed E-state index contributed by atoms with van der Waals surface area (Å²) in [5.74, 6) is 1.88. The van der Waals surface area contributed by atoms with Crippen LogP contribution in [0.25, 0.3) is 0 Å².